The van der Waals surface area contributed by atoms with Crippen LogP contribution in [0.1, 0.15) is 84.0 Å². The molecule has 146 valence electrons. The molecule has 0 saturated carbocycles. The highest BCUT2D eigenvalue weighted by Gasteiger charge is 1.95. The fourth-order valence-corrected chi connectivity index (χ4v) is 2.49. The molecule has 0 rings (SSSR count). The molecule has 1 N–H and O–H groups in total. The molecule has 26 heavy (non-hydrogen) atoms. The average Bonchev–Trinajstić information content (AvgIpc) is 2.62. The van der Waals surface area contributed by atoms with E-state index in [0.717, 1.165) is 25.7 Å². The summed E-state index contributed by atoms with van der Waals surface area (Å²) in [6.07, 6.45) is 34.2. The highest BCUT2D eigenvalue weighted by molar-refractivity contribution is 5.66. The molecule has 0 atom stereocenters. The monoisotopic (exact) mass is 358 g/mol. The lowest BCUT2D eigenvalue weighted by atomic mass is 10.1. The van der Waals surface area contributed by atoms with E-state index in [2.05, 4.69) is 49.5 Å². The Morgan fingerprint density at radius 3 is 1.54 bits per heavy atom. The zero-order chi connectivity index (χ0) is 19.1. The molecule has 0 aliphatic heterocycles. The normalized spacial score (nSPS) is 12.7. The zero-order valence-corrected chi connectivity index (χ0v) is 16.6. The smallest absolute Gasteiger partial charge is 0.303 e. The number of aliphatic carboxylic acids is 1. The van der Waals surface area contributed by atoms with E-state index in [1.54, 1.807) is 0 Å². The number of rotatable bonds is 17. The van der Waals surface area contributed by atoms with Crippen molar-refractivity contribution in [1.29, 1.82) is 0 Å². The van der Waals surface area contributed by atoms with Crippen LogP contribution >= 0.6 is 0 Å². The average molecular weight is 359 g/mol. The van der Waals surface area contributed by atoms with E-state index in [9.17, 15) is 4.79 Å². The van der Waals surface area contributed by atoms with Gasteiger partial charge < -0.3 is 5.11 Å². The number of carbonyl (C=O) groups is 1. The minimum absolute atomic E-state index is 0.315. The van der Waals surface area contributed by atoms with E-state index in [4.69, 9.17) is 5.11 Å². The molecule has 0 aliphatic rings. The first-order valence-electron chi connectivity index (χ1n) is 10.3. The first-order chi connectivity index (χ1) is 12.8. The van der Waals surface area contributed by atoms with Crippen LogP contribution < -0.4 is 0 Å². The molecule has 2 nitrogen and oxygen atoms in total. The Hall–Kier alpha value is -1.83. The molecule has 0 fully saturated rings. The van der Waals surface area contributed by atoms with Crippen molar-refractivity contribution in [3.05, 3.63) is 60.8 Å². The molecule has 0 aromatic heterocycles. The van der Waals surface area contributed by atoms with Gasteiger partial charge in [-0.1, -0.05) is 106 Å². The topological polar surface area (TPSA) is 37.3 Å². The van der Waals surface area contributed by atoms with Crippen LogP contribution in [0.3, 0.4) is 0 Å². The summed E-state index contributed by atoms with van der Waals surface area (Å²) in [6.45, 7) is 2.23. The van der Waals surface area contributed by atoms with Crippen LogP contribution in [-0.4, -0.2) is 11.1 Å². The second-order valence-corrected chi connectivity index (χ2v) is 6.56. The number of unbranched alkanes of at least 4 members (excludes halogenated alkanes) is 9. The van der Waals surface area contributed by atoms with Crippen molar-refractivity contribution in [2.75, 3.05) is 0 Å². The molecule has 0 unspecified atom stereocenters. The SMILES string of the molecule is CCCCC/C=C/C=C/C=C/C=C/C=C/CCCCCCCCC(=O)O. The van der Waals surface area contributed by atoms with Gasteiger partial charge in [0, 0.05) is 6.42 Å². The van der Waals surface area contributed by atoms with Gasteiger partial charge in [-0.3, -0.25) is 4.79 Å². The van der Waals surface area contributed by atoms with E-state index < -0.39 is 5.97 Å². The van der Waals surface area contributed by atoms with Crippen LogP contribution in [0.2, 0.25) is 0 Å². The third-order valence-corrected chi connectivity index (χ3v) is 4.04. The number of carboxylic acids is 1. The lowest BCUT2D eigenvalue weighted by Gasteiger charge is -1.99. The molecule has 0 radical (unpaired) electrons. The molecule has 0 heterocycles. The van der Waals surface area contributed by atoms with Crippen molar-refractivity contribution in [3.8, 4) is 0 Å². The Labute approximate surface area is 161 Å². The number of hydrogen-bond acceptors (Lipinski definition) is 1. The first-order valence-corrected chi connectivity index (χ1v) is 10.3. The molecular formula is C24H38O2. The number of allylic oxidation sites excluding steroid dienone is 10. The van der Waals surface area contributed by atoms with E-state index in [1.165, 1.54) is 44.9 Å². The maximum absolute atomic E-state index is 10.4. The predicted octanol–water partition coefficient (Wildman–Crippen LogP) is 7.55. The Balaban J connectivity index is 3.45. The number of carboxylic acid groups (broad SMARTS) is 1. The minimum Gasteiger partial charge on any atom is -0.481 e. The van der Waals surface area contributed by atoms with Gasteiger partial charge in [-0.05, 0) is 32.1 Å². The second-order valence-electron chi connectivity index (χ2n) is 6.56. The van der Waals surface area contributed by atoms with Crippen molar-refractivity contribution in [2.45, 2.75) is 84.0 Å². The quantitative estimate of drug-likeness (QED) is 0.215. The Bertz CT molecular complexity index is 453. The predicted molar refractivity (Wildman–Crippen MR) is 114 cm³/mol. The molecule has 0 spiro atoms. The summed E-state index contributed by atoms with van der Waals surface area (Å²) in [4.78, 5) is 10.4. The first kappa shape index (κ1) is 24.2. The van der Waals surface area contributed by atoms with Crippen LogP contribution in [0.15, 0.2) is 60.8 Å². The Morgan fingerprint density at radius 2 is 1.04 bits per heavy atom. The molecular weight excluding hydrogens is 320 g/mol. The second kappa shape index (κ2) is 21.2. The zero-order valence-electron chi connectivity index (χ0n) is 16.6. The van der Waals surface area contributed by atoms with Crippen LogP contribution in [0, 0.1) is 0 Å². The van der Waals surface area contributed by atoms with Crippen molar-refractivity contribution in [2.24, 2.45) is 0 Å². The Morgan fingerprint density at radius 1 is 0.615 bits per heavy atom. The van der Waals surface area contributed by atoms with Crippen molar-refractivity contribution < 1.29 is 9.90 Å². The third-order valence-electron chi connectivity index (χ3n) is 4.04. The van der Waals surface area contributed by atoms with Crippen LogP contribution in [0.25, 0.3) is 0 Å². The summed E-state index contributed by atoms with van der Waals surface area (Å²) in [7, 11) is 0. The third kappa shape index (κ3) is 22.2. The lowest BCUT2D eigenvalue weighted by Crippen LogP contribution is -1.93. The highest BCUT2D eigenvalue weighted by atomic mass is 16.4. The highest BCUT2D eigenvalue weighted by Crippen LogP contribution is 2.08. The van der Waals surface area contributed by atoms with Gasteiger partial charge in [0.05, 0.1) is 0 Å². The van der Waals surface area contributed by atoms with E-state index >= 15 is 0 Å². The van der Waals surface area contributed by atoms with Gasteiger partial charge in [-0.25, -0.2) is 0 Å². The lowest BCUT2D eigenvalue weighted by molar-refractivity contribution is -0.137. The van der Waals surface area contributed by atoms with Crippen LogP contribution in [0.4, 0.5) is 0 Å². The van der Waals surface area contributed by atoms with Crippen molar-refractivity contribution in [1.82, 2.24) is 0 Å². The van der Waals surface area contributed by atoms with Gasteiger partial charge in [0.1, 0.15) is 0 Å². The summed E-state index contributed by atoms with van der Waals surface area (Å²) in [5.74, 6) is -0.677. The molecule has 0 amide bonds. The largest absolute Gasteiger partial charge is 0.481 e. The maximum atomic E-state index is 10.4. The molecule has 0 saturated heterocycles. The standard InChI is InChI=1S/C24H38O2/c1-2-3-4-5-6-7-8-9-10-11-12-13-14-15-16-17-18-19-20-21-22-23-24(25)26/h6-15H,2-5,16-23H2,1H3,(H,25,26)/b7-6+,9-8+,11-10+,13-12+,15-14+. The molecule has 0 aliphatic carbocycles. The van der Waals surface area contributed by atoms with Gasteiger partial charge >= 0.3 is 5.97 Å². The van der Waals surface area contributed by atoms with Crippen LogP contribution in [-0.2, 0) is 4.79 Å². The number of hydrogen-bond donors (Lipinski definition) is 1. The molecule has 2 heteroatoms. The van der Waals surface area contributed by atoms with E-state index in [-0.39, 0.29) is 0 Å². The summed E-state index contributed by atoms with van der Waals surface area (Å²) in [6, 6.07) is 0. The fraction of sp³-hybridized carbons (Fsp3) is 0.542. The summed E-state index contributed by atoms with van der Waals surface area (Å²) in [5.41, 5.74) is 0. The maximum Gasteiger partial charge on any atom is 0.303 e. The van der Waals surface area contributed by atoms with E-state index in [0.29, 0.717) is 6.42 Å². The van der Waals surface area contributed by atoms with Gasteiger partial charge in [0.25, 0.3) is 0 Å². The molecule has 0 bridgehead atoms. The van der Waals surface area contributed by atoms with Gasteiger partial charge in [-0.15, -0.1) is 0 Å². The fourth-order valence-electron chi connectivity index (χ4n) is 2.49. The van der Waals surface area contributed by atoms with Crippen LogP contribution in [0.5, 0.6) is 0 Å². The van der Waals surface area contributed by atoms with E-state index in [1.807, 2.05) is 18.2 Å². The molecule has 0 aromatic rings. The summed E-state index contributed by atoms with van der Waals surface area (Å²) < 4.78 is 0. The van der Waals surface area contributed by atoms with Crippen molar-refractivity contribution in [3.63, 3.8) is 0 Å². The Kier molecular flexibility index (Phi) is 19.7. The van der Waals surface area contributed by atoms with Gasteiger partial charge in [-0.2, -0.15) is 0 Å². The van der Waals surface area contributed by atoms with Gasteiger partial charge in [0.2, 0.25) is 0 Å². The summed E-state index contributed by atoms with van der Waals surface area (Å²) >= 11 is 0. The summed E-state index contributed by atoms with van der Waals surface area (Å²) in [5, 5.41) is 8.55. The molecule has 0 aromatic carbocycles. The van der Waals surface area contributed by atoms with Crippen molar-refractivity contribution >= 4 is 5.97 Å². The minimum atomic E-state index is -0.677. The van der Waals surface area contributed by atoms with Gasteiger partial charge in [0.15, 0.2) is 0 Å².